The summed E-state index contributed by atoms with van der Waals surface area (Å²) in [7, 11) is 6.16. The summed E-state index contributed by atoms with van der Waals surface area (Å²) in [6, 6.07) is 7.43. The van der Waals surface area contributed by atoms with Crippen LogP contribution in [-0.2, 0) is 60.6 Å². The van der Waals surface area contributed by atoms with Gasteiger partial charge in [-0.05, 0) is 35.8 Å². The van der Waals surface area contributed by atoms with Crippen LogP contribution in [0.5, 0.6) is 0 Å². The highest BCUT2D eigenvalue weighted by molar-refractivity contribution is 5.99. The Balaban J connectivity index is 2.20. The first-order valence-electron chi connectivity index (χ1n) is 12.0. The maximum atomic E-state index is 13.9. The molecular weight excluding hydrogens is 484 g/mol. The third kappa shape index (κ3) is 3.56. The van der Waals surface area contributed by atoms with E-state index < -0.39 is 58.6 Å². The summed E-state index contributed by atoms with van der Waals surface area (Å²) in [5.41, 5.74) is -2.09. The number of rotatable bonds is 5. The fourth-order valence-electron chi connectivity index (χ4n) is 6.90. The molecule has 1 saturated carbocycles. The Bertz CT molecular complexity index is 1160. The van der Waals surface area contributed by atoms with Crippen molar-refractivity contribution in [2.75, 3.05) is 35.5 Å². The number of methoxy groups -OCH3 is 5. The second-order valence-electron chi connectivity index (χ2n) is 9.71. The fraction of sp³-hybridized carbons (Fsp3) is 0.556. The van der Waals surface area contributed by atoms with Crippen LogP contribution in [0, 0.1) is 29.1 Å². The zero-order valence-corrected chi connectivity index (χ0v) is 21.8. The van der Waals surface area contributed by atoms with Gasteiger partial charge in [0.15, 0.2) is 0 Å². The van der Waals surface area contributed by atoms with Gasteiger partial charge < -0.3 is 28.4 Å². The van der Waals surface area contributed by atoms with E-state index in [2.05, 4.69) is 0 Å². The lowest BCUT2D eigenvalue weighted by Gasteiger charge is -2.59. The number of carbonyl (C=O) groups excluding carboxylic acids is 4. The minimum absolute atomic E-state index is 0.0183. The second kappa shape index (κ2) is 9.81. The Kier molecular flexibility index (Phi) is 7.07. The summed E-state index contributed by atoms with van der Waals surface area (Å²) < 4.78 is 33.2. The first-order chi connectivity index (χ1) is 17.7. The Labute approximate surface area is 215 Å². The zero-order chi connectivity index (χ0) is 27.1. The third-order valence-corrected chi connectivity index (χ3v) is 8.32. The molecule has 1 heterocycles. The van der Waals surface area contributed by atoms with E-state index in [1.807, 2.05) is 24.3 Å². The van der Waals surface area contributed by atoms with E-state index in [0.717, 1.165) is 11.1 Å². The highest BCUT2D eigenvalue weighted by Crippen LogP contribution is 2.65. The smallest absolute Gasteiger partial charge is 0.340 e. The van der Waals surface area contributed by atoms with Crippen LogP contribution < -0.4 is 0 Å². The van der Waals surface area contributed by atoms with Gasteiger partial charge >= 0.3 is 23.9 Å². The summed E-state index contributed by atoms with van der Waals surface area (Å²) in [6.07, 6.45) is 0.322. The van der Waals surface area contributed by atoms with Crippen LogP contribution in [0.2, 0.25) is 0 Å². The highest BCUT2D eigenvalue weighted by Gasteiger charge is 2.75. The molecule has 2 aliphatic carbocycles. The van der Waals surface area contributed by atoms with Crippen molar-refractivity contribution in [1.29, 1.82) is 0 Å². The molecule has 1 aromatic rings. The van der Waals surface area contributed by atoms with Gasteiger partial charge in [-0.25, -0.2) is 4.79 Å². The molecule has 10 nitrogen and oxygen atoms in total. The monoisotopic (exact) mass is 516 g/mol. The maximum Gasteiger partial charge on any atom is 0.340 e. The van der Waals surface area contributed by atoms with Gasteiger partial charge in [0.2, 0.25) is 0 Å². The maximum absolute atomic E-state index is 13.9. The van der Waals surface area contributed by atoms with E-state index in [1.165, 1.54) is 35.5 Å². The van der Waals surface area contributed by atoms with Crippen molar-refractivity contribution in [3.63, 3.8) is 0 Å². The normalized spacial score (nSPS) is 32.1. The third-order valence-electron chi connectivity index (χ3n) is 8.32. The van der Waals surface area contributed by atoms with E-state index in [0.29, 0.717) is 0 Å². The molecule has 1 fully saturated rings. The highest BCUT2D eigenvalue weighted by atomic mass is 16.6. The van der Waals surface area contributed by atoms with Crippen molar-refractivity contribution >= 4 is 23.9 Å². The summed E-state index contributed by atoms with van der Waals surface area (Å²) in [5.74, 6) is -6.64. The predicted molar refractivity (Wildman–Crippen MR) is 126 cm³/mol. The first-order valence-corrected chi connectivity index (χ1v) is 12.0. The topological polar surface area (TPSA) is 124 Å². The molecule has 200 valence electrons. The molecule has 0 spiro atoms. The Morgan fingerprint density at radius 3 is 2.05 bits per heavy atom. The average molecular weight is 517 g/mol. The Morgan fingerprint density at radius 1 is 0.865 bits per heavy atom. The van der Waals surface area contributed by atoms with Gasteiger partial charge in [-0.15, -0.1) is 0 Å². The van der Waals surface area contributed by atoms with Gasteiger partial charge in [-0.3, -0.25) is 14.4 Å². The van der Waals surface area contributed by atoms with Gasteiger partial charge in [-0.2, -0.15) is 0 Å². The molecule has 0 aromatic heterocycles. The van der Waals surface area contributed by atoms with E-state index >= 15 is 0 Å². The lowest BCUT2D eigenvalue weighted by Crippen LogP contribution is -2.70. The van der Waals surface area contributed by atoms with Gasteiger partial charge in [0.25, 0.3) is 0 Å². The minimum Gasteiger partial charge on any atom is -0.491 e. The molecule has 1 aliphatic heterocycles. The number of ether oxygens (including phenoxy) is 6. The van der Waals surface area contributed by atoms with Crippen molar-refractivity contribution in [3.8, 4) is 0 Å². The van der Waals surface area contributed by atoms with Crippen molar-refractivity contribution in [2.24, 2.45) is 29.1 Å². The lowest BCUT2D eigenvalue weighted by molar-refractivity contribution is -0.212. The molecule has 2 unspecified atom stereocenters. The number of carbonyl (C=O) groups is 4. The first kappa shape index (κ1) is 26.7. The number of benzene rings is 1. The van der Waals surface area contributed by atoms with Crippen molar-refractivity contribution in [3.05, 3.63) is 46.7 Å². The van der Waals surface area contributed by atoms with E-state index in [9.17, 15) is 19.2 Å². The summed E-state index contributed by atoms with van der Waals surface area (Å²) >= 11 is 0. The van der Waals surface area contributed by atoms with Gasteiger partial charge in [0.1, 0.15) is 29.0 Å². The molecule has 4 rings (SSSR count). The largest absolute Gasteiger partial charge is 0.491 e. The average Bonchev–Trinajstić information content (AvgIpc) is 3.09. The second-order valence-corrected chi connectivity index (χ2v) is 9.71. The number of fused-ring (bicyclic) bond motifs is 5. The molecule has 0 saturated heterocycles. The Morgan fingerprint density at radius 2 is 1.49 bits per heavy atom. The van der Waals surface area contributed by atoms with Crippen molar-refractivity contribution < 1.29 is 47.6 Å². The number of hydrogen-bond acceptors (Lipinski definition) is 10. The SMILES string of the molecule is COC(=O)C1=C2OCc3ccccc3CC2(C(=O)OC)[C@@H]2C[C@@H](C)[C@H](C(=O)OC)C1(OC)[C@H]2C(=O)OC. The predicted octanol–water partition coefficient (Wildman–Crippen LogP) is 1.98. The minimum atomic E-state index is -1.89. The van der Waals surface area contributed by atoms with E-state index in [1.54, 1.807) is 6.92 Å². The molecular formula is C27H32O10. The molecule has 1 aromatic carbocycles. The lowest BCUT2D eigenvalue weighted by atomic mass is 9.45. The van der Waals surface area contributed by atoms with E-state index in [-0.39, 0.29) is 30.8 Å². The number of hydrogen-bond donors (Lipinski definition) is 0. The molecule has 0 radical (unpaired) electrons. The van der Waals surface area contributed by atoms with Crippen LogP contribution in [0.1, 0.15) is 24.5 Å². The summed E-state index contributed by atoms with van der Waals surface area (Å²) in [6.45, 7) is 1.84. The standard InChI is InChI=1S/C27H32O10/c1-14-11-17-19(23(29)33-3)27(36-6,18(14)22(28)32-2)20(24(30)34-4)21-26(17,25(31)35-5)12-15-9-7-8-10-16(15)13-37-21/h7-10,14,17-19H,11-13H2,1-6H3/t14-,17-,18-,19-,26?,27?/m1/s1. The molecule has 3 aliphatic rings. The molecule has 37 heavy (non-hydrogen) atoms. The van der Waals surface area contributed by atoms with Crippen LogP contribution in [0.25, 0.3) is 0 Å². The fourth-order valence-corrected chi connectivity index (χ4v) is 6.90. The van der Waals surface area contributed by atoms with Gasteiger partial charge in [0, 0.05) is 7.11 Å². The molecule has 10 heteroatoms. The molecule has 0 N–H and O–H groups in total. The number of esters is 4. The summed E-state index contributed by atoms with van der Waals surface area (Å²) in [4.78, 5) is 54.4. The molecule has 0 amide bonds. The van der Waals surface area contributed by atoms with Crippen LogP contribution in [0.3, 0.4) is 0 Å². The van der Waals surface area contributed by atoms with Crippen LogP contribution in [-0.4, -0.2) is 65.0 Å². The van der Waals surface area contributed by atoms with Crippen molar-refractivity contribution in [1.82, 2.24) is 0 Å². The van der Waals surface area contributed by atoms with Crippen LogP contribution in [0.15, 0.2) is 35.6 Å². The molecule has 2 bridgehead atoms. The van der Waals surface area contributed by atoms with Gasteiger partial charge in [-0.1, -0.05) is 31.2 Å². The van der Waals surface area contributed by atoms with E-state index in [4.69, 9.17) is 28.4 Å². The molecule has 6 atom stereocenters. The summed E-state index contributed by atoms with van der Waals surface area (Å²) in [5, 5.41) is 0. The van der Waals surface area contributed by atoms with Crippen LogP contribution in [0.4, 0.5) is 0 Å². The van der Waals surface area contributed by atoms with Crippen LogP contribution >= 0.6 is 0 Å². The Hall–Kier alpha value is -3.40. The van der Waals surface area contributed by atoms with Gasteiger partial charge in [0.05, 0.1) is 40.3 Å². The van der Waals surface area contributed by atoms with Crippen molar-refractivity contribution in [2.45, 2.75) is 32.0 Å². The quantitative estimate of drug-likeness (QED) is 0.424. The zero-order valence-electron chi connectivity index (χ0n) is 21.8.